The van der Waals surface area contributed by atoms with Gasteiger partial charge in [0.2, 0.25) is 11.8 Å². The smallest absolute Gasteiger partial charge is 0.277 e. The summed E-state index contributed by atoms with van der Waals surface area (Å²) in [5.41, 5.74) is 6.00. The largest absolute Gasteiger partial charge is 0.497 e. The molecule has 6 heterocycles. The number of anilines is 4. The number of ether oxygens (including phenoxy) is 2. The van der Waals surface area contributed by atoms with E-state index in [1.165, 1.54) is 31.0 Å². The molecule has 0 saturated carbocycles. The Balaban J connectivity index is 0.800. The molecule has 2 fully saturated rings. The molecule has 0 spiro atoms. The number of aromatic nitrogens is 4. The van der Waals surface area contributed by atoms with Crippen molar-refractivity contribution in [2.75, 3.05) is 71.8 Å². The minimum Gasteiger partial charge on any atom is -0.497 e. The predicted octanol–water partition coefficient (Wildman–Crippen LogP) is 6.97. The van der Waals surface area contributed by atoms with Crippen LogP contribution in [0.25, 0.3) is 11.4 Å². The van der Waals surface area contributed by atoms with Gasteiger partial charge in [0.15, 0.2) is 11.4 Å². The molecule has 10 rings (SSSR count). The lowest BCUT2D eigenvalue weighted by Gasteiger charge is -2.29. The lowest BCUT2D eigenvalue weighted by Crippen LogP contribution is -2.39. The molecule has 2 N–H and O–H groups in total. The third-order valence-corrected chi connectivity index (χ3v) is 15.3. The van der Waals surface area contributed by atoms with Crippen LogP contribution >= 0.6 is 21.6 Å². The van der Waals surface area contributed by atoms with Crippen LogP contribution in [0.15, 0.2) is 97.1 Å². The summed E-state index contributed by atoms with van der Waals surface area (Å²) in [6.45, 7) is 1.96. The van der Waals surface area contributed by atoms with Gasteiger partial charge in [0.25, 0.3) is 23.6 Å². The Labute approximate surface area is 423 Å². The second-order valence-electron chi connectivity index (χ2n) is 17.6. The summed E-state index contributed by atoms with van der Waals surface area (Å²) >= 11 is 0. The molecule has 6 amide bonds. The van der Waals surface area contributed by atoms with Gasteiger partial charge >= 0.3 is 0 Å². The Morgan fingerprint density at radius 2 is 0.819 bits per heavy atom. The molecule has 18 nitrogen and oxygen atoms in total. The molecule has 20 heteroatoms. The second-order valence-corrected chi connectivity index (χ2v) is 20.0. The fourth-order valence-electron chi connectivity index (χ4n) is 9.62. The van der Waals surface area contributed by atoms with Crippen LogP contribution < -0.4 is 39.7 Å². The van der Waals surface area contributed by atoms with E-state index < -0.39 is 11.8 Å². The van der Waals surface area contributed by atoms with Crippen LogP contribution in [0, 0.1) is 0 Å². The number of benzene rings is 4. The van der Waals surface area contributed by atoms with Gasteiger partial charge in [0.05, 0.1) is 37.3 Å². The summed E-state index contributed by atoms with van der Waals surface area (Å²) in [5.74, 6) is 0.244. The van der Waals surface area contributed by atoms with E-state index in [2.05, 4.69) is 10.6 Å². The number of nitrogens with one attached hydrogen (secondary N) is 2. The lowest BCUT2D eigenvalue weighted by atomic mass is 10.0. The first-order chi connectivity index (χ1) is 35.1. The van der Waals surface area contributed by atoms with Gasteiger partial charge in [-0.15, -0.1) is 0 Å². The highest BCUT2D eigenvalue weighted by molar-refractivity contribution is 8.76. The van der Waals surface area contributed by atoms with E-state index in [0.29, 0.717) is 97.2 Å². The van der Waals surface area contributed by atoms with E-state index in [1.54, 1.807) is 82.4 Å². The van der Waals surface area contributed by atoms with Crippen molar-refractivity contribution >= 4 is 79.8 Å². The van der Waals surface area contributed by atoms with Gasteiger partial charge in [0.1, 0.15) is 22.9 Å². The SMILES string of the molecule is COc1ccc(-n2nc(C(=O)NCSSCNC(=O)c3nn(-c4ccc(OC)cc4)c4c3CCN(c3ccc(N5CCCCC5=O)cc3)C4=O)c3c2C(=O)N(c2ccc(N4CCCCC4=O)cc2)CC3)cc1. The number of carbonyl (C=O) groups is 6. The highest BCUT2D eigenvalue weighted by Crippen LogP contribution is 2.34. The summed E-state index contributed by atoms with van der Waals surface area (Å²) in [6, 6.07) is 29.0. The molecular weight excluding hydrogens is 957 g/mol. The molecule has 0 aliphatic carbocycles. The average molecular weight is 1010 g/mol. The number of amides is 6. The van der Waals surface area contributed by atoms with Crippen molar-refractivity contribution in [1.82, 2.24) is 30.2 Å². The zero-order valence-corrected chi connectivity index (χ0v) is 41.4. The molecule has 0 bridgehead atoms. The van der Waals surface area contributed by atoms with Crippen molar-refractivity contribution in [3.63, 3.8) is 0 Å². The summed E-state index contributed by atoms with van der Waals surface area (Å²) in [5, 5.41) is 15.3. The number of carbonyl (C=O) groups excluding carboxylic acids is 6. The van der Waals surface area contributed by atoms with E-state index in [9.17, 15) is 28.8 Å². The third-order valence-electron chi connectivity index (χ3n) is 13.4. The second kappa shape index (κ2) is 21.0. The lowest BCUT2D eigenvalue weighted by molar-refractivity contribution is -0.120. The topological polar surface area (TPSA) is 194 Å². The first-order valence-corrected chi connectivity index (χ1v) is 26.4. The van der Waals surface area contributed by atoms with Crippen LogP contribution in [-0.4, -0.2) is 107 Å². The Kier molecular flexibility index (Phi) is 14.0. The Hall–Kier alpha value is -7.58. The van der Waals surface area contributed by atoms with Gasteiger partial charge in [-0.1, -0.05) is 21.6 Å². The zero-order chi connectivity index (χ0) is 49.9. The van der Waals surface area contributed by atoms with Crippen molar-refractivity contribution in [1.29, 1.82) is 0 Å². The van der Waals surface area contributed by atoms with Gasteiger partial charge in [-0.05, 0) is 136 Å². The van der Waals surface area contributed by atoms with E-state index in [-0.39, 0.29) is 58.2 Å². The zero-order valence-electron chi connectivity index (χ0n) is 39.8. The summed E-state index contributed by atoms with van der Waals surface area (Å²) < 4.78 is 13.7. The third kappa shape index (κ3) is 9.50. The molecule has 4 aliphatic heterocycles. The predicted molar refractivity (Wildman–Crippen MR) is 276 cm³/mol. The van der Waals surface area contributed by atoms with Crippen LogP contribution in [0.3, 0.4) is 0 Å². The fourth-order valence-corrected chi connectivity index (χ4v) is 11.0. The van der Waals surface area contributed by atoms with Crippen molar-refractivity contribution < 1.29 is 38.2 Å². The number of methoxy groups -OCH3 is 2. The fraction of sp³-hybridized carbons (Fsp3) is 0.308. The van der Waals surface area contributed by atoms with E-state index in [0.717, 1.165) is 37.1 Å². The molecule has 0 radical (unpaired) electrons. The molecule has 2 aromatic heterocycles. The number of hydrogen-bond acceptors (Lipinski definition) is 12. The van der Waals surface area contributed by atoms with Crippen LogP contribution in [-0.2, 0) is 22.4 Å². The highest BCUT2D eigenvalue weighted by atomic mass is 33.1. The molecule has 370 valence electrons. The van der Waals surface area contributed by atoms with Crippen LogP contribution in [0.5, 0.6) is 11.5 Å². The van der Waals surface area contributed by atoms with Crippen molar-refractivity contribution in [3.05, 3.63) is 131 Å². The first-order valence-electron chi connectivity index (χ1n) is 23.9. The highest BCUT2D eigenvalue weighted by Gasteiger charge is 2.37. The molecule has 4 aromatic carbocycles. The Morgan fingerprint density at radius 1 is 0.472 bits per heavy atom. The molecule has 6 aromatic rings. The standard InChI is InChI=1S/C52H52N10O8S2/c1-69-39-21-17-37(18-22-39)61-47-41(25-29-59(51(47)67)35-13-9-33(10-14-35)57-27-5-3-7-43(57)63)45(55-61)49(65)53-31-71-72-32-54-50(66)46-42-26-30-60(36-15-11-34(12-16-36)58-28-6-4-8-44(58)64)52(68)48(42)62(56-46)38-19-23-40(70-2)24-20-38/h9-24H,3-8,25-32H2,1-2H3,(H,53,65)(H,54,66). The van der Waals surface area contributed by atoms with Gasteiger partial charge < -0.3 is 39.7 Å². The average Bonchev–Trinajstić information content (AvgIpc) is 4.01. The van der Waals surface area contributed by atoms with Crippen molar-refractivity contribution in [3.8, 4) is 22.9 Å². The number of piperidine rings is 2. The molecule has 72 heavy (non-hydrogen) atoms. The maximum Gasteiger partial charge on any atom is 0.277 e. The van der Waals surface area contributed by atoms with Crippen LogP contribution in [0.2, 0.25) is 0 Å². The maximum absolute atomic E-state index is 14.4. The molecule has 2 saturated heterocycles. The Bertz CT molecular complexity index is 2840. The van der Waals surface area contributed by atoms with Crippen molar-refractivity contribution in [2.24, 2.45) is 0 Å². The first kappa shape index (κ1) is 48.1. The van der Waals surface area contributed by atoms with Gasteiger partial charge in [-0.3, -0.25) is 28.8 Å². The van der Waals surface area contributed by atoms with Gasteiger partial charge in [-0.25, -0.2) is 9.36 Å². The van der Waals surface area contributed by atoms with Crippen molar-refractivity contribution in [2.45, 2.75) is 51.4 Å². The summed E-state index contributed by atoms with van der Waals surface area (Å²) in [6.07, 6.45) is 5.44. The molecular formula is C52H52N10O8S2. The monoisotopic (exact) mass is 1010 g/mol. The number of rotatable bonds is 15. The molecule has 0 atom stereocenters. The minimum atomic E-state index is -0.449. The summed E-state index contributed by atoms with van der Waals surface area (Å²) in [7, 11) is 5.76. The Morgan fingerprint density at radius 3 is 1.17 bits per heavy atom. The number of nitrogens with zero attached hydrogens (tertiary/aromatic N) is 8. The van der Waals surface area contributed by atoms with Gasteiger partial charge in [0, 0.05) is 72.9 Å². The minimum absolute atomic E-state index is 0.0929. The quantitative estimate of drug-likeness (QED) is 0.0611. The van der Waals surface area contributed by atoms with E-state index >= 15 is 0 Å². The maximum atomic E-state index is 14.4. The summed E-state index contributed by atoms with van der Waals surface area (Å²) in [4.78, 5) is 88.6. The normalized spacial score (nSPS) is 15.9. The van der Waals surface area contributed by atoms with E-state index in [1.807, 2.05) is 48.5 Å². The van der Waals surface area contributed by atoms with Crippen LogP contribution in [0.1, 0.15) is 91.6 Å². The molecule has 4 aliphatic rings. The number of fused-ring (bicyclic) bond motifs is 2. The van der Waals surface area contributed by atoms with Crippen LogP contribution in [0.4, 0.5) is 22.7 Å². The number of hydrogen-bond donors (Lipinski definition) is 2. The van der Waals surface area contributed by atoms with E-state index in [4.69, 9.17) is 19.7 Å². The van der Waals surface area contributed by atoms with Gasteiger partial charge in [-0.2, -0.15) is 10.2 Å². The molecule has 0 unspecified atom stereocenters.